The van der Waals surface area contributed by atoms with E-state index in [1.165, 1.54) is 11.1 Å². The third kappa shape index (κ3) is 2.04. The summed E-state index contributed by atoms with van der Waals surface area (Å²) in [6.45, 7) is 4.73. The first-order valence-electron chi connectivity index (χ1n) is 5.53. The number of nitrogens with zero attached hydrogens (tertiary/aromatic N) is 1. The van der Waals surface area contributed by atoms with Crippen molar-refractivity contribution >= 4 is 16.6 Å². The number of nitrogen functional groups attached to an aromatic ring is 1. The van der Waals surface area contributed by atoms with Crippen molar-refractivity contribution in [2.75, 3.05) is 5.73 Å². The van der Waals surface area contributed by atoms with Crippen LogP contribution in [0.25, 0.3) is 10.9 Å². The second-order valence-corrected chi connectivity index (χ2v) is 4.37. The number of aryl methyl sites for hydroxylation is 1. The molecule has 2 aromatic rings. The summed E-state index contributed by atoms with van der Waals surface area (Å²) in [5, 5.41) is 1.21. The molecule has 1 aromatic heterocycles. The number of anilines is 1. The van der Waals surface area contributed by atoms with Crippen molar-refractivity contribution in [3.63, 3.8) is 0 Å². The van der Waals surface area contributed by atoms with Gasteiger partial charge in [0, 0.05) is 23.8 Å². The molecule has 1 heterocycles. The molecule has 3 nitrogen and oxygen atoms in total. The summed E-state index contributed by atoms with van der Waals surface area (Å²) in [4.78, 5) is 0. The first-order valence-corrected chi connectivity index (χ1v) is 5.53. The zero-order chi connectivity index (χ0) is 11.7. The fourth-order valence-electron chi connectivity index (χ4n) is 1.79. The van der Waals surface area contributed by atoms with Gasteiger partial charge < -0.3 is 15.0 Å². The summed E-state index contributed by atoms with van der Waals surface area (Å²) in [6, 6.07) is 8.12. The second-order valence-electron chi connectivity index (χ2n) is 4.37. The Kier molecular flexibility index (Phi) is 2.88. The van der Waals surface area contributed by atoms with Gasteiger partial charge in [0.05, 0.1) is 18.2 Å². The van der Waals surface area contributed by atoms with Crippen LogP contribution >= 0.6 is 0 Å². The van der Waals surface area contributed by atoms with E-state index in [1.54, 1.807) is 0 Å². The van der Waals surface area contributed by atoms with Crippen molar-refractivity contribution in [3.05, 3.63) is 30.0 Å². The van der Waals surface area contributed by atoms with Gasteiger partial charge in [-0.2, -0.15) is 0 Å². The van der Waals surface area contributed by atoms with E-state index in [9.17, 15) is 0 Å². The summed E-state index contributed by atoms with van der Waals surface area (Å²) in [5.74, 6) is 0. The third-order valence-corrected chi connectivity index (χ3v) is 2.73. The quantitative estimate of drug-likeness (QED) is 0.805. The van der Waals surface area contributed by atoms with E-state index in [4.69, 9.17) is 10.5 Å². The minimum atomic E-state index is 0.253. The van der Waals surface area contributed by atoms with Gasteiger partial charge >= 0.3 is 0 Å². The van der Waals surface area contributed by atoms with Crippen molar-refractivity contribution in [2.24, 2.45) is 7.05 Å². The Balaban J connectivity index is 2.36. The molecule has 2 N–H and O–H groups in total. The molecular formula is C13H18N2O. The zero-order valence-electron chi connectivity index (χ0n) is 10.0. The lowest BCUT2D eigenvalue weighted by molar-refractivity contribution is 0.0624. The maximum atomic E-state index is 5.78. The summed E-state index contributed by atoms with van der Waals surface area (Å²) in [6.07, 6.45) is 0.253. The zero-order valence-corrected chi connectivity index (χ0v) is 10.0. The van der Waals surface area contributed by atoms with E-state index in [0.717, 1.165) is 11.2 Å². The normalized spacial score (nSPS) is 11.5. The molecule has 0 spiro atoms. The van der Waals surface area contributed by atoms with Crippen molar-refractivity contribution < 1.29 is 4.74 Å². The third-order valence-electron chi connectivity index (χ3n) is 2.73. The lowest BCUT2D eigenvalue weighted by Gasteiger charge is -2.08. The van der Waals surface area contributed by atoms with E-state index in [2.05, 4.69) is 10.6 Å². The molecule has 0 radical (unpaired) electrons. The topological polar surface area (TPSA) is 40.2 Å². The van der Waals surface area contributed by atoms with E-state index in [0.29, 0.717) is 6.61 Å². The van der Waals surface area contributed by atoms with Crippen LogP contribution < -0.4 is 5.73 Å². The highest BCUT2D eigenvalue weighted by Gasteiger charge is 2.06. The lowest BCUT2D eigenvalue weighted by Crippen LogP contribution is -2.05. The highest BCUT2D eigenvalue weighted by Crippen LogP contribution is 2.21. The first kappa shape index (κ1) is 11.0. The van der Waals surface area contributed by atoms with Crippen molar-refractivity contribution in [1.82, 2.24) is 4.57 Å². The SMILES string of the molecule is CC(C)OCc1cc2ccc(N)cc2n1C. The van der Waals surface area contributed by atoms with Gasteiger partial charge in [-0.05, 0) is 32.0 Å². The van der Waals surface area contributed by atoms with Gasteiger partial charge in [0.2, 0.25) is 0 Å². The lowest BCUT2D eigenvalue weighted by atomic mass is 10.2. The van der Waals surface area contributed by atoms with Crippen molar-refractivity contribution in [1.29, 1.82) is 0 Å². The Bertz CT molecular complexity index is 500. The molecule has 0 saturated heterocycles. The molecule has 1 aromatic carbocycles. The van der Waals surface area contributed by atoms with Gasteiger partial charge in [0.15, 0.2) is 0 Å². The van der Waals surface area contributed by atoms with Crippen LogP contribution in [0.15, 0.2) is 24.3 Å². The van der Waals surface area contributed by atoms with Gasteiger partial charge in [-0.15, -0.1) is 0 Å². The molecule has 0 bridgehead atoms. The Labute approximate surface area is 95.8 Å². The van der Waals surface area contributed by atoms with Crippen molar-refractivity contribution in [2.45, 2.75) is 26.6 Å². The maximum Gasteiger partial charge on any atom is 0.0871 e. The summed E-state index contributed by atoms with van der Waals surface area (Å²) in [5.41, 5.74) is 8.91. The molecule has 0 saturated carbocycles. The van der Waals surface area contributed by atoms with Crippen LogP contribution in [0.1, 0.15) is 19.5 Å². The van der Waals surface area contributed by atoms with Crippen LogP contribution in [0.5, 0.6) is 0 Å². The average molecular weight is 218 g/mol. The molecule has 0 fully saturated rings. The van der Waals surface area contributed by atoms with Gasteiger partial charge in [-0.3, -0.25) is 0 Å². The molecule has 0 aliphatic carbocycles. The molecule has 0 amide bonds. The standard InChI is InChI=1S/C13H18N2O/c1-9(2)16-8-12-6-10-4-5-11(14)7-13(10)15(12)3/h4-7,9H,8,14H2,1-3H3. The predicted octanol–water partition coefficient (Wildman–Crippen LogP) is 2.69. The molecular weight excluding hydrogens is 200 g/mol. The highest BCUT2D eigenvalue weighted by molar-refractivity contribution is 5.84. The number of ether oxygens (including phenoxy) is 1. The van der Waals surface area contributed by atoms with Gasteiger partial charge in [0.25, 0.3) is 0 Å². The smallest absolute Gasteiger partial charge is 0.0871 e. The number of benzene rings is 1. The van der Waals surface area contributed by atoms with Gasteiger partial charge in [-0.1, -0.05) is 6.07 Å². The van der Waals surface area contributed by atoms with Crippen LogP contribution in [0.2, 0.25) is 0 Å². The fraction of sp³-hybridized carbons (Fsp3) is 0.385. The van der Waals surface area contributed by atoms with Crippen LogP contribution in [-0.4, -0.2) is 10.7 Å². The van der Waals surface area contributed by atoms with Crippen LogP contribution in [0, 0.1) is 0 Å². The minimum Gasteiger partial charge on any atom is -0.399 e. The Morgan fingerprint density at radius 2 is 2.06 bits per heavy atom. The van der Waals surface area contributed by atoms with Crippen molar-refractivity contribution in [3.8, 4) is 0 Å². The second kappa shape index (κ2) is 4.18. The van der Waals surface area contributed by atoms with E-state index in [1.807, 2.05) is 39.1 Å². The van der Waals surface area contributed by atoms with Gasteiger partial charge in [0.1, 0.15) is 0 Å². The Morgan fingerprint density at radius 1 is 1.31 bits per heavy atom. The number of fused-ring (bicyclic) bond motifs is 1. The summed E-state index contributed by atoms with van der Waals surface area (Å²) < 4.78 is 7.75. The first-order chi connectivity index (χ1) is 7.58. The molecule has 16 heavy (non-hydrogen) atoms. The minimum absolute atomic E-state index is 0.253. The number of hydrogen-bond acceptors (Lipinski definition) is 2. The monoisotopic (exact) mass is 218 g/mol. The van der Waals surface area contributed by atoms with E-state index >= 15 is 0 Å². The number of rotatable bonds is 3. The predicted molar refractivity (Wildman–Crippen MR) is 67.3 cm³/mol. The summed E-state index contributed by atoms with van der Waals surface area (Å²) in [7, 11) is 2.04. The van der Waals surface area contributed by atoms with E-state index < -0.39 is 0 Å². The maximum absolute atomic E-state index is 5.78. The van der Waals surface area contributed by atoms with Crippen LogP contribution in [0.3, 0.4) is 0 Å². The summed E-state index contributed by atoms with van der Waals surface area (Å²) >= 11 is 0. The molecule has 3 heteroatoms. The molecule has 2 rings (SSSR count). The Hall–Kier alpha value is -1.48. The van der Waals surface area contributed by atoms with Crippen LogP contribution in [0.4, 0.5) is 5.69 Å². The largest absolute Gasteiger partial charge is 0.399 e. The highest BCUT2D eigenvalue weighted by atomic mass is 16.5. The molecule has 86 valence electrons. The number of aromatic nitrogens is 1. The van der Waals surface area contributed by atoms with Crippen LogP contribution in [-0.2, 0) is 18.4 Å². The van der Waals surface area contributed by atoms with Gasteiger partial charge in [-0.25, -0.2) is 0 Å². The number of hydrogen-bond donors (Lipinski definition) is 1. The fourth-order valence-corrected chi connectivity index (χ4v) is 1.79. The molecule has 0 unspecified atom stereocenters. The average Bonchev–Trinajstić information content (AvgIpc) is 2.53. The Morgan fingerprint density at radius 3 is 2.75 bits per heavy atom. The number of nitrogens with two attached hydrogens (primary N) is 1. The molecule has 0 aliphatic rings. The van der Waals surface area contributed by atoms with E-state index in [-0.39, 0.29) is 6.10 Å². The molecule has 0 atom stereocenters. The molecule has 0 aliphatic heterocycles.